The molecule has 0 amide bonds. The number of Topliss-reactive ketones (excluding diaryl/α,β-unsaturated/α-hetero) is 1. The van der Waals surface area contributed by atoms with Crippen molar-refractivity contribution in [2.75, 3.05) is 32.7 Å². The first-order valence-electron chi connectivity index (χ1n) is 14.2. The Morgan fingerprint density at radius 3 is 2.38 bits per heavy atom. The van der Waals surface area contributed by atoms with Gasteiger partial charge in [-0.05, 0) is 104 Å². The molecule has 2 fully saturated rings. The summed E-state index contributed by atoms with van der Waals surface area (Å²) < 4.78 is 0. The Kier molecular flexibility index (Phi) is 8.16. The quantitative estimate of drug-likeness (QED) is 0.441. The number of phenolic OH excluding ortho intramolecular Hbond substituents is 1. The summed E-state index contributed by atoms with van der Waals surface area (Å²) in [5.74, 6) is 1.52. The summed E-state index contributed by atoms with van der Waals surface area (Å²) in [6.45, 7) is 8.65. The maximum Gasteiger partial charge on any atom is 0.143 e. The Bertz CT molecular complexity index is 1350. The summed E-state index contributed by atoms with van der Waals surface area (Å²) in [7, 11) is 0. The highest BCUT2D eigenvalue weighted by Gasteiger charge is 2.45. The molecule has 0 atom stereocenters. The third-order valence-electron chi connectivity index (χ3n) is 8.50. The summed E-state index contributed by atoms with van der Waals surface area (Å²) >= 11 is 0. The smallest absolute Gasteiger partial charge is 0.143 e. The van der Waals surface area contributed by atoms with Gasteiger partial charge in [-0.25, -0.2) is 0 Å². The number of rotatable bonds is 5. The molecule has 0 bridgehead atoms. The number of piperidine rings is 1. The number of phenols is 1. The molecule has 1 N–H and O–H groups in total. The largest absolute Gasteiger partial charge is 0.508 e. The zero-order valence-corrected chi connectivity index (χ0v) is 23.2. The van der Waals surface area contributed by atoms with Gasteiger partial charge in [-0.3, -0.25) is 9.69 Å². The van der Waals surface area contributed by atoms with Crippen LogP contribution in [-0.2, 0) is 16.8 Å². The Labute approximate surface area is 232 Å². The second-order valence-electron chi connectivity index (χ2n) is 11.6. The molecule has 2 aliphatic heterocycles. The number of carbonyl (C=O) groups excluding carboxylic acids is 1. The molecule has 202 valence electrons. The predicted molar refractivity (Wildman–Crippen MR) is 155 cm³/mol. The number of likely N-dealkylation sites (tertiary alicyclic amines) is 1. The van der Waals surface area contributed by atoms with Gasteiger partial charge in [0, 0.05) is 31.7 Å². The zero-order valence-electron chi connectivity index (χ0n) is 23.2. The molecule has 6 rings (SSSR count). The van der Waals surface area contributed by atoms with Crippen molar-refractivity contribution in [2.45, 2.75) is 51.5 Å². The van der Waals surface area contributed by atoms with Crippen molar-refractivity contribution in [1.82, 2.24) is 9.80 Å². The summed E-state index contributed by atoms with van der Waals surface area (Å²) in [6, 6.07) is 24.1. The average Bonchev–Trinajstić information content (AvgIpc) is 3.75. The SMILES string of the molecule is CC(=O)CN1CCc2cc(-c3cccc(C#N)c3)ccc2C12CCN(CC1CC1)CC2.Cc1cccc(O)c1. The van der Waals surface area contributed by atoms with Crippen molar-refractivity contribution in [3.63, 3.8) is 0 Å². The van der Waals surface area contributed by atoms with Gasteiger partial charge >= 0.3 is 0 Å². The summed E-state index contributed by atoms with van der Waals surface area (Å²) in [4.78, 5) is 17.2. The van der Waals surface area contributed by atoms with Gasteiger partial charge in [-0.2, -0.15) is 5.26 Å². The van der Waals surface area contributed by atoms with Crippen molar-refractivity contribution in [1.29, 1.82) is 5.26 Å². The number of carbonyl (C=O) groups is 1. The van der Waals surface area contributed by atoms with Crippen molar-refractivity contribution in [3.8, 4) is 22.9 Å². The van der Waals surface area contributed by atoms with Crippen molar-refractivity contribution >= 4 is 5.78 Å². The van der Waals surface area contributed by atoms with E-state index in [4.69, 9.17) is 5.11 Å². The maximum absolute atomic E-state index is 12.1. The van der Waals surface area contributed by atoms with Crippen molar-refractivity contribution < 1.29 is 9.90 Å². The highest BCUT2D eigenvalue weighted by Crippen LogP contribution is 2.45. The van der Waals surface area contributed by atoms with E-state index in [2.05, 4.69) is 40.1 Å². The molecule has 0 unspecified atom stereocenters. The minimum Gasteiger partial charge on any atom is -0.508 e. The van der Waals surface area contributed by atoms with Gasteiger partial charge in [0.15, 0.2) is 0 Å². The van der Waals surface area contributed by atoms with Crippen LogP contribution in [0, 0.1) is 24.2 Å². The Morgan fingerprint density at radius 2 is 1.74 bits per heavy atom. The van der Waals surface area contributed by atoms with E-state index in [1.54, 1.807) is 19.1 Å². The van der Waals surface area contributed by atoms with Gasteiger partial charge in [-0.1, -0.05) is 42.5 Å². The van der Waals surface area contributed by atoms with Gasteiger partial charge in [0.05, 0.1) is 18.2 Å². The van der Waals surface area contributed by atoms with E-state index >= 15 is 0 Å². The molecule has 39 heavy (non-hydrogen) atoms. The number of aryl methyl sites for hydroxylation is 1. The summed E-state index contributed by atoms with van der Waals surface area (Å²) in [5, 5.41) is 18.1. The fraction of sp³-hybridized carbons (Fsp3) is 0.412. The molecule has 1 spiro atoms. The number of hydrogen-bond donors (Lipinski definition) is 1. The monoisotopic (exact) mass is 521 g/mol. The van der Waals surface area contributed by atoms with E-state index < -0.39 is 0 Å². The molecule has 5 nitrogen and oxygen atoms in total. The normalized spacial score (nSPS) is 18.5. The van der Waals surface area contributed by atoms with Crippen LogP contribution < -0.4 is 0 Å². The average molecular weight is 522 g/mol. The summed E-state index contributed by atoms with van der Waals surface area (Å²) in [6.07, 6.45) is 5.97. The number of fused-ring (bicyclic) bond motifs is 2. The van der Waals surface area contributed by atoms with Crippen LogP contribution in [0.3, 0.4) is 0 Å². The van der Waals surface area contributed by atoms with Gasteiger partial charge in [0.25, 0.3) is 0 Å². The van der Waals surface area contributed by atoms with E-state index in [0.29, 0.717) is 17.9 Å². The van der Waals surface area contributed by atoms with Crippen LogP contribution in [-0.4, -0.2) is 53.4 Å². The van der Waals surface area contributed by atoms with Crippen LogP contribution in [0.4, 0.5) is 0 Å². The maximum atomic E-state index is 12.1. The first-order chi connectivity index (χ1) is 18.9. The first kappa shape index (κ1) is 27.1. The molecule has 3 aliphatic rings. The molecule has 3 aromatic carbocycles. The van der Waals surface area contributed by atoms with Crippen LogP contribution in [0.25, 0.3) is 11.1 Å². The Hall–Kier alpha value is -3.46. The third kappa shape index (κ3) is 6.41. The van der Waals surface area contributed by atoms with E-state index in [-0.39, 0.29) is 11.3 Å². The predicted octanol–water partition coefficient (Wildman–Crippen LogP) is 6.07. The molecule has 1 aliphatic carbocycles. The number of hydrogen-bond acceptors (Lipinski definition) is 5. The van der Waals surface area contributed by atoms with Crippen LogP contribution in [0.2, 0.25) is 0 Å². The Balaban J connectivity index is 0.000000332. The van der Waals surface area contributed by atoms with Gasteiger partial charge in [0.1, 0.15) is 11.5 Å². The lowest BCUT2D eigenvalue weighted by Gasteiger charge is -2.52. The lowest BCUT2D eigenvalue weighted by atomic mass is 9.73. The molecule has 0 radical (unpaired) electrons. The number of aromatic hydroxyl groups is 1. The van der Waals surface area contributed by atoms with Gasteiger partial charge < -0.3 is 10.0 Å². The molecule has 0 aromatic heterocycles. The second-order valence-corrected chi connectivity index (χ2v) is 11.6. The molecule has 1 saturated carbocycles. The summed E-state index contributed by atoms with van der Waals surface area (Å²) in [5.41, 5.74) is 6.87. The Morgan fingerprint density at radius 1 is 1.00 bits per heavy atom. The molecule has 2 heterocycles. The molecule has 5 heteroatoms. The standard InChI is InChI=1S/C27H31N3O.C7H8O/c1-20(31)18-30-12-9-25-16-24(23-4-2-3-22(15-23)17-28)7-8-26(25)27(30)10-13-29(14-11-27)19-21-5-6-21;1-6-3-2-4-7(8)5-6/h2-4,7-8,15-16,21H,5-6,9-14,18-19H2,1H3;2-5,8H,1H3. The van der Waals surface area contributed by atoms with E-state index in [1.807, 2.05) is 37.3 Å². The fourth-order valence-electron chi connectivity index (χ4n) is 6.33. The molecule has 1 saturated heterocycles. The second kappa shape index (κ2) is 11.7. The zero-order chi connectivity index (χ0) is 27.4. The van der Waals surface area contributed by atoms with Crippen LogP contribution in [0.5, 0.6) is 5.75 Å². The lowest BCUT2D eigenvalue weighted by Crippen LogP contribution is -2.57. The number of nitrogens with zero attached hydrogens (tertiary/aromatic N) is 3. The van der Waals surface area contributed by atoms with Crippen LogP contribution >= 0.6 is 0 Å². The minimum absolute atomic E-state index is 0.0215. The molecular weight excluding hydrogens is 482 g/mol. The number of benzene rings is 3. The molecule has 3 aromatic rings. The van der Waals surface area contributed by atoms with Crippen molar-refractivity contribution in [3.05, 3.63) is 89.0 Å². The van der Waals surface area contributed by atoms with Gasteiger partial charge in [-0.15, -0.1) is 0 Å². The first-order valence-corrected chi connectivity index (χ1v) is 14.2. The third-order valence-corrected chi connectivity index (χ3v) is 8.50. The minimum atomic E-state index is -0.0215. The van der Waals surface area contributed by atoms with Crippen LogP contribution in [0.15, 0.2) is 66.7 Å². The molecular formula is C34H39N3O2. The fourth-order valence-corrected chi connectivity index (χ4v) is 6.33. The lowest BCUT2D eigenvalue weighted by molar-refractivity contribution is -0.121. The number of ketones is 1. The van der Waals surface area contributed by atoms with E-state index in [1.165, 1.54) is 36.1 Å². The highest BCUT2D eigenvalue weighted by molar-refractivity contribution is 5.78. The van der Waals surface area contributed by atoms with E-state index in [9.17, 15) is 10.1 Å². The van der Waals surface area contributed by atoms with Crippen molar-refractivity contribution in [2.24, 2.45) is 5.92 Å². The number of nitriles is 1. The van der Waals surface area contributed by atoms with E-state index in [0.717, 1.165) is 55.9 Å². The topological polar surface area (TPSA) is 67.6 Å². The van der Waals surface area contributed by atoms with Gasteiger partial charge in [0.2, 0.25) is 0 Å². The highest BCUT2D eigenvalue weighted by atomic mass is 16.3. The van der Waals surface area contributed by atoms with Crippen LogP contribution in [0.1, 0.15) is 54.9 Å².